The third kappa shape index (κ3) is 2.71. The number of carbonyl (C=O) groups is 2. The van der Waals surface area contributed by atoms with Crippen LogP contribution in [0.2, 0.25) is 0 Å². The molecule has 0 saturated heterocycles. The van der Waals surface area contributed by atoms with Crippen molar-refractivity contribution < 1.29 is 9.59 Å². The monoisotopic (exact) mass is 250 g/mol. The summed E-state index contributed by atoms with van der Waals surface area (Å²) in [5.41, 5.74) is 0. The summed E-state index contributed by atoms with van der Waals surface area (Å²) < 4.78 is 0. The van der Waals surface area contributed by atoms with Gasteiger partial charge in [-0.2, -0.15) is 0 Å². The highest BCUT2D eigenvalue weighted by Crippen LogP contribution is 2.26. The van der Waals surface area contributed by atoms with Gasteiger partial charge in [-0.3, -0.25) is 14.5 Å². The first kappa shape index (κ1) is 12.5. The van der Waals surface area contributed by atoms with E-state index in [1.807, 2.05) is 19.0 Å². The van der Waals surface area contributed by atoms with Gasteiger partial charge >= 0.3 is 0 Å². The van der Waals surface area contributed by atoms with Gasteiger partial charge in [-0.1, -0.05) is 23.2 Å². The van der Waals surface area contributed by atoms with Crippen LogP contribution in [0.15, 0.2) is 10.1 Å². The number of carbonyl (C=O) groups excluding carboxylic acids is 2. The van der Waals surface area contributed by atoms with Crippen LogP contribution in [0.4, 0.5) is 0 Å². The van der Waals surface area contributed by atoms with E-state index in [0.717, 1.165) is 11.4 Å². The third-order valence-electron chi connectivity index (χ3n) is 2.05. The lowest BCUT2D eigenvalue weighted by Crippen LogP contribution is -2.33. The number of rotatable bonds is 4. The lowest BCUT2D eigenvalue weighted by Gasteiger charge is -2.15. The van der Waals surface area contributed by atoms with Gasteiger partial charge in [0, 0.05) is 6.54 Å². The lowest BCUT2D eigenvalue weighted by atomic mass is 10.3. The Kier molecular flexibility index (Phi) is 4.13. The molecule has 1 aliphatic heterocycles. The summed E-state index contributed by atoms with van der Waals surface area (Å²) in [6.07, 6.45) is 0.707. The van der Waals surface area contributed by atoms with Gasteiger partial charge in [0.1, 0.15) is 10.1 Å². The van der Waals surface area contributed by atoms with Crippen molar-refractivity contribution in [2.45, 2.75) is 6.42 Å². The van der Waals surface area contributed by atoms with Gasteiger partial charge in [0.2, 0.25) is 0 Å². The number of amides is 2. The summed E-state index contributed by atoms with van der Waals surface area (Å²) in [5, 5.41) is -0.349. The van der Waals surface area contributed by atoms with Crippen LogP contribution in [0.5, 0.6) is 0 Å². The molecule has 0 aromatic rings. The molecule has 0 saturated carbocycles. The fourth-order valence-electron chi connectivity index (χ4n) is 1.27. The second kappa shape index (κ2) is 4.96. The lowest BCUT2D eigenvalue weighted by molar-refractivity contribution is -0.137. The Morgan fingerprint density at radius 1 is 1.13 bits per heavy atom. The fraction of sp³-hybridized carbons (Fsp3) is 0.556. The van der Waals surface area contributed by atoms with Crippen LogP contribution in [0.25, 0.3) is 0 Å². The Bertz CT molecular complexity index is 302. The average Bonchev–Trinajstić information content (AvgIpc) is 2.34. The van der Waals surface area contributed by atoms with Crippen molar-refractivity contribution in [3.05, 3.63) is 10.1 Å². The molecule has 0 aromatic carbocycles. The van der Waals surface area contributed by atoms with Crippen LogP contribution in [-0.2, 0) is 9.59 Å². The minimum absolute atomic E-state index is 0.175. The van der Waals surface area contributed by atoms with E-state index in [1.165, 1.54) is 0 Å². The predicted molar refractivity (Wildman–Crippen MR) is 58.6 cm³/mol. The SMILES string of the molecule is CN(C)CCCN1C(=O)C(Cl)=C(Cl)C1=O. The first-order valence-corrected chi connectivity index (χ1v) is 5.27. The van der Waals surface area contributed by atoms with Gasteiger partial charge in [0.25, 0.3) is 11.8 Å². The Hall–Kier alpha value is -0.580. The molecule has 0 aliphatic carbocycles. The first-order chi connectivity index (χ1) is 6.95. The van der Waals surface area contributed by atoms with Crippen molar-refractivity contribution in [3.63, 3.8) is 0 Å². The van der Waals surface area contributed by atoms with Gasteiger partial charge < -0.3 is 4.90 Å². The van der Waals surface area contributed by atoms with E-state index in [1.54, 1.807) is 0 Å². The zero-order chi connectivity index (χ0) is 11.6. The second-order valence-corrected chi connectivity index (χ2v) is 4.30. The van der Waals surface area contributed by atoms with Gasteiger partial charge in [0.15, 0.2) is 0 Å². The Morgan fingerprint density at radius 2 is 1.60 bits per heavy atom. The molecular weight excluding hydrogens is 239 g/mol. The molecule has 84 valence electrons. The van der Waals surface area contributed by atoms with E-state index in [9.17, 15) is 9.59 Å². The molecule has 0 aromatic heterocycles. The van der Waals surface area contributed by atoms with Crippen LogP contribution in [0.3, 0.4) is 0 Å². The predicted octanol–water partition coefficient (Wildman–Crippen LogP) is 0.996. The van der Waals surface area contributed by atoms with Crippen molar-refractivity contribution in [3.8, 4) is 0 Å². The number of hydrogen-bond acceptors (Lipinski definition) is 3. The van der Waals surface area contributed by atoms with Gasteiger partial charge in [-0.05, 0) is 27.1 Å². The minimum Gasteiger partial charge on any atom is -0.309 e. The zero-order valence-electron chi connectivity index (χ0n) is 8.59. The van der Waals surface area contributed by atoms with E-state index in [0.29, 0.717) is 13.0 Å². The van der Waals surface area contributed by atoms with Gasteiger partial charge in [0.05, 0.1) is 0 Å². The Balaban J connectivity index is 2.53. The smallest absolute Gasteiger partial charge is 0.274 e. The normalized spacial score (nSPS) is 17.3. The number of hydrogen-bond donors (Lipinski definition) is 0. The van der Waals surface area contributed by atoms with Crippen molar-refractivity contribution in [1.82, 2.24) is 9.80 Å². The maximum Gasteiger partial charge on any atom is 0.274 e. The van der Waals surface area contributed by atoms with Crippen molar-refractivity contribution in [1.29, 1.82) is 0 Å². The highest BCUT2D eigenvalue weighted by molar-refractivity contribution is 6.58. The fourth-order valence-corrected chi connectivity index (χ4v) is 1.63. The first-order valence-electron chi connectivity index (χ1n) is 4.51. The molecule has 0 N–H and O–H groups in total. The molecule has 0 radical (unpaired) electrons. The van der Waals surface area contributed by atoms with E-state index in [-0.39, 0.29) is 10.1 Å². The van der Waals surface area contributed by atoms with Crippen molar-refractivity contribution >= 4 is 35.0 Å². The third-order valence-corrected chi connectivity index (χ3v) is 2.84. The summed E-state index contributed by atoms with van der Waals surface area (Å²) in [5.74, 6) is -0.990. The number of nitrogens with zero attached hydrogens (tertiary/aromatic N) is 2. The molecule has 0 unspecified atom stereocenters. The van der Waals surface area contributed by atoms with Crippen LogP contribution in [0.1, 0.15) is 6.42 Å². The zero-order valence-corrected chi connectivity index (χ0v) is 10.1. The molecule has 0 fully saturated rings. The number of imide groups is 1. The van der Waals surface area contributed by atoms with E-state index >= 15 is 0 Å². The quantitative estimate of drug-likeness (QED) is 0.700. The maximum atomic E-state index is 11.4. The molecule has 4 nitrogen and oxygen atoms in total. The largest absolute Gasteiger partial charge is 0.309 e. The van der Waals surface area contributed by atoms with Crippen molar-refractivity contribution in [2.24, 2.45) is 0 Å². The molecule has 0 bridgehead atoms. The molecule has 15 heavy (non-hydrogen) atoms. The maximum absolute atomic E-state index is 11.4. The highest BCUT2D eigenvalue weighted by atomic mass is 35.5. The Morgan fingerprint density at radius 3 is 2.00 bits per heavy atom. The molecular formula is C9H12Cl2N2O2. The minimum atomic E-state index is -0.495. The molecule has 1 aliphatic rings. The Labute approximate surface area is 98.4 Å². The highest BCUT2D eigenvalue weighted by Gasteiger charge is 2.35. The van der Waals surface area contributed by atoms with Crippen LogP contribution in [0, 0.1) is 0 Å². The molecule has 6 heteroatoms. The van der Waals surface area contributed by atoms with Crippen LogP contribution < -0.4 is 0 Å². The molecule has 0 atom stereocenters. The molecule has 1 heterocycles. The van der Waals surface area contributed by atoms with Gasteiger partial charge in [-0.15, -0.1) is 0 Å². The van der Waals surface area contributed by atoms with E-state index < -0.39 is 11.8 Å². The summed E-state index contributed by atoms with van der Waals surface area (Å²) in [7, 11) is 3.84. The van der Waals surface area contributed by atoms with E-state index in [4.69, 9.17) is 23.2 Å². The molecule has 2 amide bonds. The summed E-state index contributed by atoms with van der Waals surface area (Å²) >= 11 is 11.1. The second-order valence-electron chi connectivity index (χ2n) is 3.55. The molecule has 0 spiro atoms. The summed E-state index contributed by atoms with van der Waals surface area (Å²) in [4.78, 5) is 25.9. The molecule has 1 rings (SSSR count). The van der Waals surface area contributed by atoms with E-state index in [2.05, 4.69) is 0 Å². The van der Waals surface area contributed by atoms with Crippen molar-refractivity contribution in [2.75, 3.05) is 27.2 Å². The average molecular weight is 251 g/mol. The van der Waals surface area contributed by atoms with Crippen LogP contribution in [-0.4, -0.2) is 48.8 Å². The summed E-state index contributed by atoms with van der Waals surface area (Å²) in [6.45, 7) is 1.15. The standard InChI is InChI=1S/C9H12Cl2N2O2/c1-12(2)4-3-5-13-8(14)6(10)7(11)9(13)15/h3-5H2,1-2H3. The number of halogens is 2. The van der Waals surface area contributed by atoms with Gasteiger partial charge in [-0.25, -0.2) is 0 Å². The topological polar surface area (TPSA) is 40.6 Å². The summed E-state index contributed by atoms with van der Waals surface area (Å²) in [6, 6.07) is 0. The van der Waals surface area contributed by atoms with Crippen LogP contribution >= 0.6 is 23.2 Å².